The number of halogens is 1. The molecule has 0 saturated carbocycles. The van der Waals surface area contributed by atoms with Crippen LogP contribution in [0.4, 0.5) is 5.69 Å². The summed E-state index contributed by atoms with van der Waals surface area (Å²) in [6.45, 7) is 0. The lowest BCUT2D eigenvalue weighted by atomic mass is 10.00. The van der Waals surface area contributed by atoms with Crippen molar-refractivity contribution in [2.75, 3.05) is 18.3 Å². The molecule has 0 bridgehead atoms. The molecule has 0 aliphatic carbocycles. The zero-order valence-electron chi connectivity index (χ0n) is 15.5. The first-order chi connectivity index (χ1) is 14.1. The number of para-hydroxylation sites is 1. The number of alkyl halides is 1. The highest BCUT2D eigenvalue weighted by atomic mass is 35.5. The monoisotopic (exact) mass is 424 g/mol. The van der Waals surface area contributed by atoms with Gasteiger partial charge in [-0.3, -0.25) is 4.79 Å². The van der Waals surface area contributed by atoms with Crippen molar-refractivity contribution in [3.8, 4) is 22.4 Å². The third-order valence-electron chi connectivity index (χ3n) is 4.51. The Morgan fingerprint density at radius 2 is 1.83 bits per heavy atom. The Morgan fingerprint density at radius 1 is 1.10 bits per heavy atom. The van der Waals surface area contributed by atoms with Crippen LogP contribution in [0.5, 0.6) is 0 Å². The van der Waals surface area contributed by atoms with Crippen molar-refractivity contribution in [3.63, 3.8) is 0 Å². The van der Waals surface area contributed by atoms with E-state index in [0.29, 0.717) is 10.6 Å². The molecule has 29 heavy (non-hydrogen) atoms. The molecule has 1 amide bonds. The number of ether oxygens (including phenoxy) is 1. The third kappa shape index (κ3) is 3.64. The Morgan fingerprint density at radius 3 is 2.55 bits per heavy atom. The van der Waals surface area contributed by atoms with E-state index in [1.54, 1.807) is 6.07 Å². The van der Waals surface area contributed by atoms with Gasteiger partial charge in [-0.1, -0.05) is 48.5 Å². The van der Waals surface area contributed by atoms with Crippen molar-refractivity contribution < 1.29 is 14.3 Å². The van der Waals surface area contributed by atoms with Crippen LogP contribution in [0, 0.1) is 0 Å². The van der Waals surface area contributed by atoms with Crippen molar-refractivity contribution in [2.24, 2.45) is 0 Å². The molecule has 4 aromatic rings. The van der Waals surface area contributed by atoms with Gasteiger partial charge in [-0.15, -0.1) is 22.9 Å². The zero-order chi connectivity index (χ0) is 20.4. The van der Waals surface area contributed by atoms with Crippen molar-refractivity contribution in [2.45, 2.75) is 0 Å². The molecular weight excluding hydrogens is 408 g/mol. The van der Waals surface area contributed by atoms with Crippen molar-refractivity contribution in [3.05, 3.63) is 65.5 Å². The average Bonchev–Trinajstić information content (AvgIpc) is 3.32. The van der Waals surface area contributed by atoms with Crippen LogP contribution in [0.25, 0.3) is 32.6 Å². The van der Waals surface area contributed by atoms with Crippen LogP contribution >= 0.6 is 22.9 Å². The van der Waals surface area contributed by atoms with E-state index in [-0.39, 0.29) is 17.8 Å². The molecule has 0 saturated heterocycles. The number of aromatic amines is 1. The van der Waals surface area contributed by atoms with Gasteiger partial charge in [0.2, 0.25) is 5.91 Å². The van der Waals surface area contributed by atoms with E-state index in [2.05, 4.69) is 10.3 Å². The maximum atomic E-state index is 12.0. The van der Waals surface area contributed by atoms with E-state index in [1.807, 2.05) is 54.6 Å². The molecule has 0 fully saturated rings. The summed E-state index contributed by atoms with van der Waals surface area (Å²) in [6.07, 6.45) is 0. The standard InChI is InChI=1S/C22H17ClN2O3S/c1-28-22(27)17-11-16-21(29-17)19(13-7-3-2-4-8-13)20(25-16)14-9-5-6-10-15(14)24-18(26)12-23/h2-11,25H,12H2,1H3,(H,24,26). The first-order valence-electron chi connectivity index (χ1n) is 8.87. The van der Waals surface area contributed by atoms with Crippen LogP contribution in [0.3, 0.4) is 0 Å². The van der Waals surface area contributed by atoms with E-state index in [4.69, 9.17) is 16.3 Å². The minimum atomic E-state index is -0.366. The molecule has 7 heteroatoms. The number of methoxy groups -OCH3 is 1. The van der Waals surface area contributed by atoms with Gasteiger partial charge < -0.3 is 15.0 Å². The van der Waals surface area contributed by atoms with Crippen LogP contribution in [0.1, 0.15) is 9.67 Å². The van der Waals surface area contributed by atoms with Gasteiger partial charge in [0.25, 0.3) is 0 Å². The second kappa shape index (κ2) is 8.11. The summed E-state index contributed by atoms with van der Waals surface area (Å²) >= 11 is 7.05. The summed E-state index contributed by atoms with van der Waals surface area (Å²) in [5.74, 6) is -0.765. The molecule has 2 aromatic heterocycles. The number of rotatable bonds is 5. The first-order valence-corrected chi connectivity index (χ1v) is 10.2. The van der Waals surface area contributed by atoms with Crippen LogP contribution in [0.2, 0.25) is 0 Å². The van der Waals surface area contributed by atoms with Crippen LogP contribution < -0.4 is 5.32 Å². The van der Waals surface area contributed by atoms with Crippen molar-refractivity contribution in [1.29, 1.82) is 0 Å². The number of nitrogens with one attached hydrogen (secondary N) is 2. The highest BCUT2D eigenvalue weighted by Crippen LogP contribution is 2.44. The molecule has 4 rings (SSSR count). The van der Waals surface area contributed by atoms with Gasteiger partial charge in [0.15, 0.2) is 0 Å². The summed E-state index contributed by atoms with van der Waals surface area (Å²) in [6, 6.07) is 19.3. The molecule has 2 heterocycles. The van der Waals surface area contributed by atoms with Gasteiger partial charge >= 0.3 is 5.97 Å². The topological polar surface area (TPSA) is 71.2 Å². The van der Waals surface area contributed by atoms with Crippen LogP contribution in [0.15, 0.2) is 60.7 Å². The van der Waals surface area contributed by atoms with E-state index >= 15 is 0 Å². The predicted molar refractivity (Wildman–Crippen MR) is 118 cm³/mol. The van der Waals surface area contributed by atoms with Crippen LogP contribution in [-0.2, 0) is 9.53 Å². The fourth-order valence-electron chi connectivity index (χ4n) is 3.26. The van der Waals surface area contributed by atoms with Gasteiger partial charge in [0.05, 0.1) is 28.7 Å². The highest BCUT2D eigenvalue weighted by Gasteiger charge is 2.21. The van der Waals surface area contributed by atoms with Gasteiger partial charge in [-0.05, 0) is 17.7 Å². The lowest BCUT2D eigenvalue weighted by molar-refractivity contribution is -0.113. The maximum Gasteiger partial charge on any atom is 0.348 e. The Labute approximate surface area is 176 Å². The highest BCUT2D eigenvalue weighted by molar-refractivity contribution is 7.21. The molecule has 2 aromatic carbocycles. The number of anilines is 1. The number of esters is 1. The predicted octanol–water partition coefficient (Wildman–Crippen LogP) is 5.53. The SMILES string of the molecule is COC(=O)c1cc2[nH]c(-c3ccccc3NC(=O)CCl)c(-c3ccccc3)c2s1. The summed E-state index contributed by atoms with van der Waals surface area (Å²) < 4.78 is 5.82. The fourth-order valence-corrected chi connectivity index (χ4v) is 4.43. The van der Waals surface area contributed by atoms with Gasteiger partial charge in [0, 0.05) is 11.1 Å². The van der Waals surface area contributed by atoms with E-state index < -0.39 is 0 Å². The number of fused-ring (bicyclic) bond motifs is 1. The second-order valence-electron chi connectivity index (χ2n) is 6.31. The first kappa shape index (κ1) is 19.2. The lowest BCUT2D eigenvalue weighted by Gasteiger charge is -2.12. The Kier molecular flexibility index (Phi) is 5.38. The van der Waals surface area contributed by atoms with Crippen LogP contribution in [-0.4, -0.2) is 29.9 Å². The molecule has 0 spiro atoms. The summed E-state index contributed by atoms with van der Waals surface area (Å²) in [7, 11) is 1.37. The fraction of sp³-hybridized carbons (Fsp3) is 0.0909. The zero-order valence-corrected chi connectivity index (χ0v) is 17.1. The third-order valence-corrected chi connectivity index (χ3v) is 5.89. The largest absolute Gasteiger partial charge is 0.465 e. The second-order valence-corrected chi connectivity index (χ2v) is 7.63. The van der Waals surface area contributed by atoms with Crippen molar-refractivity contribution >= 4 is 50.7 Å². The number of benzene rings is 2. The minimum absolute atomic E-state index is 0.123. The molecular formula is C22H17ClN2O3S. The van der Waals surface area contributed by atoms with Crippen molar-refractivity contribution in [1.82, 2.24) is 4.98 Å². The molecule has 0 unspecified atom stereocenters. The normalized spacial score (nSPS) is 10.8. The Bertz CT molecular complexity index is 1200. The Hall–Kier alpha value is -3.09. The molecule has 5 nitrogen and oxygen atoms in total. The molecule has 0 aliphatic rings. The molecule has 0 aliphatic heterocycles. The van der Waals surface area contributed by atoms with Gasteiger partial charge in [-0.2, -0.15) is 0 Å². The summed E-state index contributed by atoms with van der Waals surface area (Å²) in [5, 5.41) is 2.85. The number of thiophene rings is 1. The summed E-state index contributed by atoms with van der Waals surface area (Å²) in [4.78, 5) is 27.9. The molecule has 2 N–H and O–H groups in total. The lowest BCUT2D eigenvalue weighted by Crippen LogP contribution is -2.13. The molecule has 0 atom stereocenters. The molecule has 0 radical (unpaired) electrons. The van der Waals surface area contributed by atoms with E-state index in [1.165, 1.54) is 18.4 Å². The number of H-pyrrole nitrogens is 1. The average molecular weight is 425 g/mol. The Balaban J connectivity index is 1.95. The molecule has 146 valence electrons. The number of amides is 1. The number of carbonyl (C=O) groups excluding carboxylic acids is 2. The number of aromatic nitrogens is 1. The number of hydrogen-bond donors (Lipinski definition) is 2. The maximum absolute atomic E-state index is 12.0. The summed E-state index contributed by atoms with van der Waals surface area (Å²) in [5.41, 5.74) is 5.17. The van der Waals surface area contributed by atoms with E-state index in [9.17, 15) is 9.59 Å². The van der Waals surface area contributed by atoms with Gasteiger partial charge in [-0.25, -0.2) is 4.79 Å². The van der Waals surface area contributed by atoms with E-state index in [0.717, 1.165) is 32.6 Å². The minimum Gasteiger partial charge on any atom is -0.465 e. The number of carbonyl (C=O) groups is 2. The van der Waals surface area contributed by atoms with Gasteiger partial charge in [0.1, 0.15) is 10.8 Å². The quantitative estimate of drug-likeness (QED) is 0.327. The number of hydrogen-bond acceptors (Lipinski definition) is 4. The smallest absolute Gasteiger partial charge is 0.348 e.